The van der Waals surface area contributed by atoms with E-state index < -0.39 is 11.9 Å². The number of carbonyl (C=O) groups is 1. The lowest BCUT2D eigenvalue weighted by Crippen LogP contribution is -2.45. The van der Waals surface area contributed by atoms with Crippen LogP contribution in [0, 0.1) is 5.92 Å². The van der Waals surface area contributed by atoms with E-state index in [4.69, 9.17) is 23.1 Å². The first-order valence-electron chi connectivity index (χ1n) is 3.15. The molecule has 0 aromatic rings. The van der Waals surface area contributed by atoms with Crippen LogP contribution in [0.15, 0.2) is 0 Å². The molecule has 0 rings (SSSR count). The van der Waals surface area contributed by atoms with E-state index in [1.54, 1.807) is 0 Å². The van der Waals surface area contributed by atoms with Gasteiger partial charge in [0.25, 0.3) is 0 Å². The van der Waals surface area contributed by atoms with Gasteiger partial charge < -0.3 is 11.5 Å². The molecular formula is C6H13ClN2O. The SMILES string of the molecule is CC(C)[C@@H](Cl)[C@@H](N)C(N)=O. The molecule has 0 saturated carbocycles. The molecule has 4 heteroatoms. The van der Waals surface area contributed by atoms with Crippen LogP contribution >= 0.6 is 11.6 Å². The quantitative estimate of drug-likeness (QED) is 0.580. The molecule has 3 nitrogen and oxygen atoms in total. The molecule has 0 aliphatic heterocycles. The van der Waals surface area contributed by atoms with E-state index in [9.17, 15) is 4.79 Å². The minimum Gasteiger partial charge on any atom is -0.368 e. The summed E-state index contributed by atoms with van der Waals surface area (Å²) in [6.07, 6.45) is 0. The Balaban J connectivity index is 3.94. The number of hydrogen-bond acceptors (Lipinski definition) is 2. The molecule has 0 radical (unpaired) electrons. The molecule has 60 valence electrons. The van der Waals surface area contributed by atoms with Crippen molar-refractivity contribution in [3.63, 3.8) is 0 Å². The zero-order valence-corrected chi connectivity index (χ0v) is 6.93. The minimum atomic E-state index is -0.735. The third kappa shape index (κ3) is 2.54. The Labute approximate surface area is 65.7 Å². The van der Waals surface area contributed by atoms with E-state index in [0.29, 0.717) is 0 Å². The summed E-state index contributed by atoms with van der Waals surface area (Å²) >= 11 is 5.74. The first-order chi connectivity index (χ1) is 4.46. The third-order valence-electron chi connectivity index (χ3n) is 1.31. The zero-order valence-electron chi connectivity index (χ0n) is 6.17. The van der Waals surface area contributed by atoms with Crippen molar-refractivity contribution in [2.45, 2.75) is 25.3 Å². The number of alkyl halides is 1. The summed E-state index contributed by atoms with van der Waals surface area (Å²) < 4.78 is 0. The normalized spacial score (nSPS) is 16.9. The van der Waals surface area contributed by atoms with E-state index in [-0.39, 0.29) is 11.3 Å². The van der Waals surface area contributed by atoms with E-state index in [0.717, 1.165) is 0 Å². The summed E-state index contributed by atoms with van der Waals surface area (Å²) in [5.41, 5.74) is 10.3. The van der Waals surface area contributed by atoms with Gasteiger partial charge in [-0.15, -0.1) is 11.6 Å². The van der Waals surface area contributed by atoms with Gasteiger partial charge in [0, 0.05) is 0 Å². The van der Waals surface area contributed by atoms with Crippen LogP contribution in [0.5, 0.6) is 0 Å². The smallest absolute Gasteiger partial charge is 0.235 e. The third-order valence-corrected chi connectivity index (χ3v) is 2.08. The monoisotopic (exact) mass is 164 g/mol. The Kier molecular flexibility index (Phi) is 3.68. The van der Waals surface area contributed by atoms with Crippen molar-refractivity contribution < 1.29 is 4.79 Å². The second kappa shape index (κ2) is 3.78. The maximum atomic E-state index is 10.5. The van der Waals surface area contributed by atoms with Crippen molar-refractivity contribution in [3.05, 3.63) is 0 Å². The maximum absolute atomic E-state index is 10.5. The van der Waals surface area contributed by atoms with Gasteiger partial charge in [-0.3, -0.25) is 4.79 Å². The van der Waals surface area contributed by atoms with Crippen LogP contribution in [0.4, 0.5) is 0 Å². The van der Waals surface area contributed by atoms with Gasteiger partial charge in [-0.05, 0) is 5.92 Å². The Hall–Kier alpha value is -0.280. The summed E-state index contributed by atoms with van der Waals surface area (Å²) in [7, 11) is 0. The van der Waals surface area contributed by atoms with E-state index in [2.05, 4.69) is 0 Å². The zero-order chi connectivity index (χ0) is 8.31. The molecule has 0 aromatic carbocycles. The maximum Gasteiger partial charge on any atom is 0.235 e. The van der Waals surface area contributed by atoms with Crippen molar-refractivity contribution in [2.75, 3.05) is 0 Å². The molecule has 0 aliphatic carbocycles. The number of carbonyl (C=O) groups excluding carboxylic acids is 1. The Bertz CT molecular complexity index is 127. The molecule has 0 heterocycles. The standard InChI is InChI=1S/C6H13ClN2O/c1-3(2)4(7)5(8)6(9)10/h3-5H,8H2,1-2H3,(H2,9,10)/t4-,5-/m1/s1. The molecule has 10 heavy (non-hydrogen) atoms. The molecule has 0 aromatic heterocycles. The highest BCUT2D eigenvalue weighted by molar-refractivity contribution is 6.22. The van der Waals surface area contributed by atoms with Gasteiger partial charge in [-0.1, -0.05) is 13.8 Å². The molecule has 1 amide bonds. The van der Waals surface area contributed by atoms with Crippen LogP contribution in [-0.2, 0) is 4.79 Å². The highest BCUT2D eigenvalue weighted by atomic mass is 35.5. The predicted octanol–water partition coefficient (Wildman–Crippen LogP) is 0.0624. The summed E-state index contributed by atoms with van der Waals surface area (Å²) in [5, 5.41) is -0.363. The van der Waals surface area contributed by atoms with Gasteiger partial charge in [-0.2, -0.15) is 0 Å². The number of primary amides is 1. The highest BCUT2D eigenvalue weighted by Gasteiger charge is 2.22. The lowest BCUT2D eigenvalue weighted by molar-refractivity contribution is -0.119. The second-order valence-corrected chi connectivity index (χ2v) is 3.12. The van der Waals surface area contributed by atoms with Crippen LogP contribution in [0.2, 0.25) is 0 Å². The Morgan fingerprint density at radius 1 is 1.50 bits per heavy atom. The number of hydrogen-bond donors (Lipinski definition) is 2. The number of rotatable bonds is 3. The predicted molar refractivity (Wildman–Crippen MR) is 41.6 cm³/mol. The highest BCUT2D eigenvalue weighted by Crippen LogP contribution is 2.11. The van der Waals surface area contributed by atoms with Crippen molar-refractivity contribution in [1.29, 1.82) is 0 Å². The van der Waals surface area contributed by atoms with Crippen molar-refractivity contribution in [2.24, 2.45) is 17.4 Å². The van der Waals surface area contributed by atoms with Crippen molar-refractivity contribution in [3.8, 4) is 0 Å². The van der Waals surface area contributed by atoms with Gasteiger partial charge >= 0.3 is 0 Å². The largest absolute Gasteiger partial charge is 0.368 e. The average molecular weight is 165 g/mol. The summed E-state index contributed by atoms with van der Waals surface area (Å²) in [6, 6.07) is -0.735. The fraction of sp³-hybridized carbons (Fsp3) is 0.833. The first kappa shape index (κ1) is 9.72. The van der Waals surface area contributed by atoms with Gasteiger partial charge in [0.05, 0.1) is 5.38 Å². The molecule has 4 N–H and O–H groups in total. The Morgan fingerprint density at radius 3 is 2.00 bits per heavy atom. The molecule has 0 bridgehead atoms. The number of nitrogens with two attached hydrogens (primary N) is 2. The van der Waals surface area contributed by atoms with Crippen molar-refractivity contribution >= 4 is 17.5 Å². The van der Waals surface area contributed by atoms with Gasteiger partial charge in [-0.25, -0.2) is 0 Å². The molecule has 0 unspecified atom stereocenters. The first-order valence-corrected chi connectivity index (χ1v) is 3.59. The fourth-order valence-electron chi connectivity index (χ4n) is 0.572. The Morgan fingerprint density at radius 2 is 1.90 bits per heavy atom. The summed E-state index contributed by atoms with van der Waals surface area (Å²) in [5.74, 6) is -0.377. The van der Waals surface area contributed by atoms with Gasteiger partial charge in [0.1, 0.15) is 6.04 Å². The summed E-state index contributed by atoms with van der Waals surface area (Å²) in [4.78, 5) is 10.5. The number of halogens is 1. The van der Waals surface area contributed by atoms with Crippen LogP contribution in [-0.4, -0.2) is 17.3 Å². The second-order valence-electron chi connectivity index (χ2n) is 2.62. The molecule has 0 saturated heterocycles. The topological polar surface area (TPSA) is 69.1 Å². The average Bonchev–Trinajstić information content (AvgIpc) is 1.84. The van der Waals surface area contributed by atoms with Crippen LogP contribution in [0.3, 0.4) is 0 Å². The van der Waals surface area contributed by atoms with Gasteiger partial charge in [0.2, 0.25) is 5.91 Å². The van der Waals surface area contributed by atoms with Crippen LogP contribution in [0.25, 0.3) is 0 Å². The molecule has 0 spiro atoms. The molecule has 2 atom stereocenters. The fourth-order valence-corrected chi connectivity index (χ4v) is 0.696. The summed E-state index contributed by atoms with van der Waals surface area (Å²) in [6.45, 7) is 3.78. The van der Waals surface area contributed by atoms with E-state index >= 15 is 0 Å². The van der Waals surface area contributed by atoms with Crippen LogP contribution in [0.1, 0.15) is 13.8 Å². The lowest BCUT2D eigenvalue weighted by Gasteiger charge is -2.17. The van der Waals surface area contributed by atoms with Crippen LogP contribution < -0.4 is 11.5 Å². The van der Waals surface area contributed by atoms with E-state index in [1.807, 2.05) is 13.8 Å². The number of amides is 1. The van der Waals surface area contributed by atoms with E-state index in [1.165, 1.54) is 0 Å². The molecule has 0 aliphatic rings. The van der Waals surface area contributed by atoms with Crippen molar-refractivity contribution in [1.82, 2.24) is 0 Å². The minimum absolute atomic E-state index is 0.171. The van der Waals surface area contributed by atoms with Gasteiger partial charge in [0.15, 0.2) is 0 Å². The molecular weight excluding hydrogens is 152 g/mol. The lowest BCUT2D eigenvalue weighted by atomic mass is 10.0. The molecule has 0 fully saturated rings.